The number of carbonyl (C=O) groups excluding carboxylic acids is 2. The minimum Gasteiger partial charge on any atom is -0.353 e. The first-order valence-corrected chi connectivity index (χ1v) is 8.05. The predicted octanol–water partition coefficient (Wildman–Crippen LogP) is 1.51. The molecule has 1 fully saturated rings. The van der Waals surface area contributed by atoms with Gasteiger partial charge in [0.25, 0.3) is 0 Å². The lowest BCUT2D eigenvalue weighted by Gasteiger charge is -2.35. The van der Waals surface area contributed by atoms with Gasteiger partial charge in [0.2, 0.25) is 11.8 Å². The van der Waals surface area contributed by atoms with E-state index in [2.05, 4.69) is 26.1 Å². The Balaban J connectivity index is 2.48. The Hall–Kier alpha value is -1.10. The summed E-state index contributed by atoms with van der Waals surface area (Å²) in [6, 6.07) is 0.209. The van der Waals surface area contributed by atoms with Crippen molar-refractivity contribution in [2.24, 2.45) is 17.1 Å². The normalized spacial score (nSPS) is 18.4. The SMILES string of the molecule is CCC(=O)NC1CCN(C(=O)C(CN)CC(C)(C)C)CC1. The van der Waals surface area contributed by atoms with Crippen LogP contribution < -0.4 is 11.1 Å². The summed E-state index contributed by atoms with van der Waals surface area (Å²) in [4.78, 5) is 25.9. The van der Waals surface area contributed by atoms with Crippen molar-refractivity contribution in [2.75, 3.05) is 19.6 Å². The van der Waals surface area contributed by atoms with Crippen LogP contribution in [0.4, 0.5) is 0 Å². The molecule has 0 bridgehead atoms. The van der Waals surface area contributed by atoms with E-state index < -0.39 is 0 Å². The van der Waals surface area contributed by atoms with Crippen LogP contribution in [-0.2, 0) is 9.59 Å². The number of nitrogens with one attached hydrogen (secondary N) is 1. The van der Waals surface area contributed by atoms with Crippen molar-refractivity contribution in [2.45, 2.75) is 59.4 Å². The van der Waals surface area contributed by atoms with Gasteiger partial charge in [-0.15, -0.1) is 0 Å². The largest absolute Gasteiger partial charge is 0.353 e. The smallest absolute Gasteiger partial charge is 0.226 e. The topological polar surface area (TPSA) is 75.4 Å². The number of piperidine rings is 1. The number of hydrogen-bond donors (Lipinski definition) is 2. The maximum Gasteiger partial charge on any atom is 0.226 e. The molecule has 1 rings (SSSR count). The van der Waals surface area contributed by atoms with Crippen LogP contribution in [0, 0.1) is 11.3 Å². The van der Waals surface area contributed by atoms with Crippen molar-refractivity contribution in [1.29, 1.82) is 0 Å². The summed E-state index contributed by atoms with van der Waals surface area (Å²) >= 11 is 0. The van der Waals surface area contributed by atoms with E-state index in [1.165, 1.54) is 0 Å². The van der Waals surface area contributed by atoms with Crippen LogP contribution in [0.1, 0.15) is 53.4 Å². The molecule has 122 valence electrons. The predicted molar refractivity (Wildman–Crippen MR) is 84.7 cm³/mol. The quantitative estimate of drug-likeness (QED) is 0.808. The van der Waals surface area contributed by atoms with Gasteiger partial charge in [0.15, 0.2) is 0 Å². The maximum absolute atomic E-state index is 12.6. The molecule has 1 atom stereocenters. The van der Waals surface area contributed by atoms with Crippen LogP contribution in [0.5, 0.6) is 0 Å². The number of amides is 2. The molecule has 1 heterocycles. The zero-order valence-corrected chi connectivity index (χ0v) is 13.9. The summed E-state index contributed by atoms with van der Waals surface area (Å²) in [6.45, 7) is 10.1. The van der Waals surface area contributed by atoms with E-state index in [4.69, 9.17) is 5.73 Å². The molecule has 5 heteroatoms. The summed E-state index contributed by atoms with van der Waals surface area (Å²) in [5.41, 5.74) is 5.90. The van der Waals surface area contributed by atoms with E-state index in [0.717, 1.165) is 19.3 Å². The van der Waals surface area contributed by atoms with Crippen molar-refractivity contribution in [3.8, 4) is 0 Å². The second-order valence-corrected chi connectivity index (χ2v) is 7.22. The molecule has 0 aromatic heterocycles. The van der Waals surface area contributed by atoms with Crippen LogP contribution >= 0.6 is 0 Å². The summed E-state index contributed by atoms with van der Waals surface area (Å²) in [5.74, 6) is 0.173. The summed E-state index contributed by atoms with van der Waals surface area (Å²) in [7, 11) is 0. The highest BCUT2D eigenvalue weighted by atomic mass is 16.2. The third kappa shape index (κ3) is 6.04. The average molecular weight is 297 g/mol. The number of hydrogen-bond acceptors (Lipinski definition) is 3. The number of likely N-dealkylation sites (tertiary alicyclic amines) is 1. The van der Waals surface area contributed by atoms with Gasteiger partial charge in [0.05, 0.1) is 5.92 Å². The molecule has 0 aromatic rings. The Bertz CT molecular complexity index is 355. The Morgan fingerprint density at radius 3 is 2.29 bits per heavy atom. The molecule has 1 aliphatic heterocycles. The van der Waals surface area contributed by atoms with Crippen molar-refractivity contribution < 1.29 is 9.59 Å². The maximum atomic E-state index is 12.6. The number of rotatable bonds is 5. The van der Waals surface area contributed by atoms with Gasteiger partial charge in [-0.2, -0.15) is 0 Å². The van der Waals surface area contributed by atoms with E-state index in [1.54, 1.807) is 0 Å². The molecule has 5 nitrogen and oxygen atoms in total. The van der Waals surface area contributed by atoms with E-state index in [9.17, 15) is 9.59 Å². The molecule has 21 heavy (non-hydrogen) atoms. The van der Waals surface area contributed by atoms with Gasteiger partial charge in [-0.1, -0.05) is 27.7 Å². The lowest BCUT2D eigenvalue weighted by atomic mass is 9.83. The lowest BCUT2D eigenvalue weighted by Crippen LogP contribution is -2.49. The molecular formula is C16H31N3O2. The Morgan fingerprint density at radius 2 is 1.86 bits per heavy atom. The third-order valence-corrected chi connectivity index (χ3v) is 3.99. The van der Waals surface area contributed by atoms with Gasteiger partial charge >= 0.3 is 0 Å². The molecule has 2 amide bonds. The van der Waals surface area contributed by atoms with Gasteiger partial charge in [0.1, 0.15) is 0 Å². The van der Waals surface area contributed by atoms with Gasteiger partial charge in [-0.05, 0) is 24.7 Å². The van der Waals surface area contributed by atoms with Gasteiger partial charge < -0.3 is 16.0 Å². The second-order valence-electron chi connectivity index (χ2n) is 7.22. The van der Waals surface area contributed by atoms with Gasteiger partial charge in [-0.3, -0.25) is 9.59 Å². The second kappa shape index (κ2) is 7.78. The van der Waals surface area contributed by atoms with E-state index in [1.807, 2.05) is 11.8 Å². The molecule has 0 radical (unpaired) electrons. The molecule has 0 aliphatic carbocycles. The summed E-state index contributed by atoms with van der Waals surface area (Å²) in [6.07, 6.45) is 3.00. The van der Waals surface area contributed by atoms with Gasteiger partial charge in [0, 0.05) is 32.1 Å². The standard InChI is InChI=1S/C16H31N3O2/c1-5-14(20)18-13-6-8-19(9-7-13)15(21)12(11-17)10-16(2,3)4/h12-13H,5-11,17H2,1-4H3,(H,18,20). The van der Waals surface area contributed by atoms with E-state index >= 15 is 0 Å². The zero-order valence-electron chi connectivity index (χ0n) is 13.9. The Morgan fingerprint density at radius 1 is 1.29 bits per heavy atom. The summed E-state index contributed by atoms with van der Waals surface area (Å²) in [5, 5.41) is 3.01. The van der Waals surface area contributed by atoms with Crippen molar-refractivity contribution in [1.82, 2.24) is 10.2 Å². The first kappa shape index (κ1) is 18.0. The van der Waals surface area contributed by atoms with Crippen molar-refractivity contribution in [3.05, 3.63) is 0 Å². The van der Waals surface area contributed by atoms with E-state index in [-0.39, 0.29) is 29.2 Å². The van der Waals surface area contributed by atoms with Gasteiger partial charge in [-0.25, -0.2) is 0 Å². The first-order valence-electron chi connectivity index (χ1n) is 8.05. The minimum atomic E-state index is -0.0909. The molecule has 1 aliphatic rings. The fraction of sp³-hybridized carbons (Fsp3) is 0.875. The molecule has 0 aromatic carbocycles. The van der Waals surface area contributed by atoms with E-state index in [0.29, 0.717) is 26.1 Å². The van der Waals surface area contributed by atoms with Crippen LogP contribution in [0.15, 0.2) is 0 Å². The third-order valence-electron chi connectivity index (χ3n) is 3.99. The molecule has 0 spiro atoms. The molecule has 3 N–H and O–H groups in total. The van der Waals surface area contributed by atoms with Crippen molar-refractivity contribution >= 4 is 11.8 Å². The van der Waals surface area contributed by atoms with Crippen LogP contribution in [-0.4, -0.2) is 42.4 Å². The van der Waals surface area contributed by atoms with Crippen LogP contribution in [0.3, 0.4) is 0 Å². The molecule has 1 unspecified atom stereocenters. The lowest BCUT2D eigenvalue weighted by molar-refractivity contribution is -0.137. The fourth-order valence-corrected chi connectivity index (χ4v) is 2.84. The number of carbonyl (C=O) groups is 2. The highest BCUT2D eigenvalue weighted by Crippen LogP contribution is 2.26. The fourth-order valence-electron chi connectivity index (χ4n) is 2.84. The highest BCUT2D eigenvalue weighted by Gasteiger charge is 2.30. The Labute approximate surface area is 128 Å². The average Bonchev–Trinajstić information content (AvgIpc) is 2.43. The van der Waals surface area contributed by atoms with Crippen molar-refractivity contribution in [3.63, 3.8) is 0 Å². The molecular weight excluding hydrogens is 266 g/mol. The first-order chi connectivity index (χ1) is 9.76. The summed E-state index contributed by atoms with van der Waals surface area (Å²) < 4.78 is 0. The van der Waals surface area contributed by atoms with Crippen LogP contribution in [0.25, 0.3) is 0 Å². The molecule has 1 saturated heterocycles. The van der Waals surface area contributed by atoms with Crippen LogP contribution in [0.2, 0.25) is 0 Å². The zero-order chi connectivity index (χ0) is 16.0. The highest BCUT2D eigenvalue weighted by molar-refractivity contribution is 5.79. The molecule has 0 saturated carbocycles. The number of nitrogens with zero attached hydrogens (tertiary/aromatic N) is 1. The minimum absolute atomic E-state index is 0.0901. The number of nitrogens with two attached hydrogens (primary N) is 1. The monoisotopic (exact) mass is 297 g/mol. The Kier molecular flexibility index (Phi) is 6.65.